The van der Waals surface area contributed by atoms with Crippen molar-refractivity contribution in [3.05, 3.63) is 45.7 Å². The maximum atomic E-state index is 13.8. The van der Waals surface area contributed by atoms with E-state index in [2.05, 4.69) is 5.10 Å². The van der Waals surface area contributed by atoms with Crippen LogP contribution in [0.25, 0.3) is 0 Å². The Morgan fingerprint density at radius 2 is 1.74 bits per heavy atom. The monoisotopic (exact) mass is 486 g/mol. The van der Waals surface area contributed by atoms with Gasteiger partial charge in [0, 0.05) is 44.6 Å². The number of amides is 1. The molecule has 1 amide bonds. The number of nitrogens with zero attached hydrogens (tertiary/aromatic N) is 3. The van der Waals surface area contributed by atoms with Gasteiger partial charge in [-0.25, -0.2) is 13.9 Å². The van der Waals surface area contributed by atoms with Crippen molar-refractivity contribution in [3.8, 4) is 11.6 Å². The van der Waals surface area contributed by atoms with E-state index in [-0.39, 0.29) is 24.4 Å². The predicted octanol–water partition coefficient (Wildman–Crippen LogP) is 4.44. The molecule has 0 unspecified atom stereocenters. The lowest BCUT2D eigenvalue weighted by Crippen LogP contribution is -2.42. The number of anilines is 1. The summed E-state index contributed by atoms with van der Waals surface area (Å²) in [7, 11) is 0. The van der Waals surface area contributed by atoms with Crippen molar-refractivity contribution < 1.29 is 31.5 Å². The lowest BCUT2D eigenvalue weighted by atomic mass is 10.1. The number of nitrogens with one attached hydrogen (secondary N) is 1. The van der Waals surface area contributed by atoms with Gasteiger partial charge in [0.15, 0.2) is 5.56 Å². The second-order valence-corrected chi connectivity index (χ2v) is 8.41. The van der Waals surface area contributed by atoms with Crippen LogP contribution in [-0.4, -0.2) is 53.1 Å². The number of halogens is 5. The first-order chi connectivity index (χ1) is 16.0. The Bertz CT molecular complexity index is 1100. The predicted molar refractivity (Wildman–Crippen MR) is 113 cm³/mol. The smallest absolute Gasteiger partial charge is 0.423 e. The van der Waals surface area contributed by atoms with Gasteiger partial charge in [-0.05, 0) is 37.5 Å². The second-order valence-electron chi connectivity index (χ2n) is 8.41. The van der Waals surface area contributed by atoms with Crippen LogP contribution in [0.1, 0.15) is 48.0 Å². The molecule has 3 heterocycles. The van der Waals surface area contributed by atoms with E-state index in [0.29, 0.717) is 25.9 Å². The van der Waals surface area contributed by atoms with Crippen LogP contribution in [0.15, 0.2) is 29.1 Å². The zero-order valence-electron chi connectivity index (χ0n) is 18.1. The van der Waals surface area contributed by atoms with Gasteiger partial charge in [0.25, 0.3) is 23.3 Å². The highest BCUT2D eigenvalue weighted by atomic mass is 19.4. The normalized spacial score (nSPS) is 18.6. The van der Waals surface area contributed by atoms with E-state index >= 15 is 0 Å². The maximum absolute atomic E-state index is 13.8. The fourth-order valence-electron chi connectivity index (χ4n) is 4.19. The van der Waals surface area contributed by atoms with E-state index < -0.39 is 53.5 Å². The van der Waals surface area contributed by atoms with Gasteiger partial charge in [0.05, 0.1) is 0 Å². The van der Waals surface area contributed by atoms with Gasteiger partial charge in [-0.2, -0.15) is 13.2 Å². The van der Waals surface area contributed by atoms with Gasteiger partial charge in [-0.15, -0.1) is 5.10 Å². The average molecular weight is 486 g/mol. The molecule has 0 bridgehead atoms. The Labute approximate surface area is 191 Å². The third-order valence-corrected chi connectivity index (χ3v) is 5.96. The molecule has 0 saturated carbocycles. The number of likely N-dealkylation sites (tertiary alicyclic amines) is 1. The number of ether oxygens (including phenoxy) is 1. The molecule has 0 spiro atoms. The lowest BCUT2D eigenvalue weighted by molar-refractivity contribution is -0.138. The van der Waals surface area contributed by atoms with E-state index in [1.165, 1.54) is 34.1 Å². The van der Waals surface area contributed by atoms with Gasteiger partial charge in [-0.1, -0.05) is 6.07 Å². The average Bonchev–Trinajstić information content (AvgIpc) is 2.79. The van der Waals surface area contributed by atoms with Crippen molar-refractivity contribution in [1.82, 2.24) is 15.1 Å². The summed E-state index contributed by atoms with van der Waals surface area (Å²) < 4.78 is 73.8. The SMILES string of the molecule is O=C(c1cccc(Oc2n[nH]c(=O)c(C(F)(F)F)c2N2CCCCC2)c1)N1CCC(F)(F)CC1. The summed E-state index contributed by atoms with van der Waals surface area (Å²) in [5.74, 6) is -3.70. The summed E-state index contributed by atoms with van der Waals surface area (Å²) in [6.07, 6.45) is -3.64. The largest absolute Gasteiger partial charge is 0.436 e. The van der Waals surface area contributed by atoms with Crippen LogP contribution in [0.4, 0.5) is 27.6 Å². The molecule has 2 saturated heterocycles. The van der Waals surface area contributed by atoms with E-state index in [9.17, 15) is 31.5 Å². The number of hydrogen-bond donors (Lipinski definition) is 1. The number of rotatable bonds is 4. The van der Waals surface area contributed by atoms with Crippen molar-refractivity contribution in [2.75, 3.05) is 31.1 Å². The van der Waals surface area contributed by atoms with Crippen molar-refractivity contribution in [3.63, 3.8) is 0 Å². The first-order valence-corrected chi connectivity index (χ1v) is 10.9. The molecule has 1 N–H and O–H groups in total. The highest BCUT2D eigenvalue weighted by Crippen LogP contribution is 2.41. The summed E-state index contributed by atoms with van der Waals surface area (Å²) in [6.45, 7) is 0.407. The van der Waals surface area contributed by atoms with Crippen molar-refractivity contribution >= 4 is 11.6 Å². The molecule has 7 nitrogen and oxygen atoms in total. The molecule has 34 heavy (non-hydrogen) atoms. The number of aromatic nitrogens is 2. The summed E-state index contributed by atoms with van der Waals surface area (Å²) in [4.78, 5) is 27.6. The Balaban J connectivity index is 1.64. The van der Waals surface area contributed by atoms with Gasteiger partial charge in [-0.3, -0.25) is 9.59 Å². The summed E-state index contributed by atoms with van der Waals surface area (Å²) in [5, 5.41) is 5.57. The fraction of sp³-hybridized carbons (Fsp3) is 0.500. The fourth-order valence-corrected chi connectivity index (χ4v) is 4.19. The molecule has 12 heteroatoms. The number of carbonyl (C=O) groups is 1. The molecule has 0 radical (unpaired) electrons. The number of hydrogen-bond acceptors (Lipinski definition) is 5. The molecule has 0 atom stereocenters. The quantitative estimate of drug-likeness (QED) is 0.647. The molecular formula is C22H23F5N4O3. The number of benzene rings is 1. The molecule has 0 aliphatic carbocycles. The van der Waals surface area contributed by atoms with Crippen LogP contribution in [-0.2, 0) is 6.18 Å². The first-order valence-electron chi connectivity index (χ1n) is 10.9. The van der Waals surface area contributed by atoms with Crippen LogP contribution >= 0.6 is 0 Å². The van der Waals surface area contributed by atoms with E-state index in [0.717, 1.165) is 6.42 Å². The molecule has 1 aromatic carbocycles. The van der Waals surface area contributed by atoms with Crippen molar-refractivity contribution in [1.29, 1.82) is 0 Å². The Hall–Kier alpha value is -3.18. The van der Waals surface area contributed by atoms with E-state index in [1.807, 2.05) is 5.10 Å². The summed E-state index contributed by atoms with van der Waals surface area (Å²) >= 11 is 0. The number of carbonyl (C=O) groups excluding carboxylic acids is 1. The minimum Gasteiger partial charge on any atom is -0.436 e. The van der Waals surface area contributed by atoms with Gasteiger partial charge >= 0.3 is 6.18 Å². The van der Waals surface area contributed by atoms with Gasteiger partial charge in [0.2, 0.25) is 0 Å². The van der Waals surface area contributed by atoms with Crippen molar-refractivity contribution in [2.24, 2.45) is 0 Å². The number of alkyl halides is 5. The van der Waals surface area contributed by atoms with Gasteiger partial charge in [0.1, 0.15) is 11.4 Å². The Morgan fingerprint density at radius 1 is 1.06 bits per heavy atom. The number of H-pyrrole nitrogens is 1. The Kier molecular flexibility index (Phi) is 6.50. The van der Waals surface area contributed by atoms with E-state index in [1.54, 1.807) is 0 Å². The zero-order valence-corrected chi connectivity index (χ0v) is 18.1. The first kappa shape index (κ1) is 24.0. The topological polar surface area (TPSA) is 78.5 Å². The van der Waals surface area contributed by atoms with Crippen LogP contribution in [0.2, 0.25) is 0 Å². The van der Waals surface area contributed by atoms with Crippen molar-refractivity contribution in [2.45, 2.75) is 44.2 Å². The molecule has 2 aliphatic heterocycles. The lowest BCUT2D eigenvalue weighted by Gasteiger charge is -2.32. The maximum Gasteiger partial charge on any atom is 0.423 e. The van der Waals surface area contributed by atoms with Crippen LogP contribution in [0, 0.1) is 0 Å². The zero-order chi connectivity index (χ0) is 24.5. The van der Waals surface area contributed by atoms with Crippen LogP contribution in [0.3, 0.4) is 0 Å². The molecule has 2 fully saturated rings. The summed E-state index contributed by atoms with van der Waals surface area (Å²) in [5.41, 5.74) is -3.05. The molecule has 184 valence electrons. The molecule has 1 aromatic heterocycles. The third-order valence-electron chi connectivity index (χ3n) is 5.96. The highest BCUT2D eigenvalue weighted by Gasteiger charge is 2.41. The minimum absolute atomic E-state index is 0.0270. The molecule has 4 rings (SSSR count). The van der Waals surface area contributed by atoms with E-state index in [4.69, 9.17) is 4.74 Å². The number of piperidine rings is 2. The van der Waals surface area contributed by atoms with Crippen LogP contribution in [0.5, 0.6) is 11.6 Å². The molecule has 2 aromatic rings. The minimum atomic E-state index is -4.93. The number of aromatic amines is 1. The second kappa shape index (κ2) is 9.22. The standard InChI is InChI=1S/C22H23F5N4O3/c23-21(24)7-11-31(12-8-21)20(33)14-5-4-6-15(13-14)34-19-17(30-9-2-1-3-10-30)16(22(25,26)27)18(32)28-29-19/h4-6,13H,1-3,7-12H2,(H,28,32). The third kappa shape index (κ3) is 5.15. The molecular weight excluding hydrogens is 463 g/mol. The molecule has 2 aliphatic rings. The Morgan fingerprint density at radius 3 is 2.38 bits per heavy atom. The highest BCUT2D eigenvalue weighted by molar-refractivity contribution is 5.94. The summed E-state index contributed by atoms with van der Waals surface area (Å²) in [6, 6.07) is 5.68. The van der Waals surface area contributed by atoms with Gasteiger partial charge < -0.3 is 14.5 Å². The van der Waals surface area contributed by atoms with Crippen LogP contribution < -0.4 is 15.2 Å².